The fourth-order valence-corrected chi connectivity index (χ4v) is 3.94. The van der Waals surface area contributed by atoms with Crippen LogP contribution in [0.4, 0.5) is 0 Å². The van der Waals surface area contributed by atoms with Gasteiger partial charge in [-0.1, -0.05) is 12.1 Å². The zero-order valence-electron chi connectivity index (χ0n) is 17.4. The molecule has 1 heterocycles. The predicted molar refractivity (Wildman–Crippen MR) is 128 cm³/mol. The van der Waals surface area contributed by atoms with Crippen LogP contribution in [0, 0.1) is 0 Å². The van der Waals surface area contributed by atoms with Crippen LogP contribution in [0.3, 0.4) is 0 Å². The highest BCUT2D eigenvalue weighted by atomic mass is 127. The highest BCUT2D eigenvalue weighted by Gasteiger charge is 2.20. The average Bonchev–Trinajstić information content (AvgIpc) is 2.74. The third-order valence-corrected chi connectivity index (χ3v) is 5.65. The number of aliphatic hydroxyl groups excluding tert-OH is 1. The van der Waals surface area contributed by atoms with Crippen LogP contribution in [0.15, 0.2) is 29.3 Å². The van der Waals surface area contributed by atoms with E-state index in [0.29, 0.717) is 12.6 Å². The molecule has 1 saturated heterocycles. The molecule has 1 aromatic rings. The van der Waals surface area contributed by atoms with Crippen LogP contribution in [0.5, 0.6) is 0 Å². The van der Waals surface area contributed by atoms with Crippen molar-refractivity contribution in [2.24, 2.45) is 4.99 Å². The van der Waals surface area contributed by atoms with Crippen molar-refractivity contribution in [2.45, 2.75) is 70.6 Å². The van der Waals surface area contributed by atoms with Gasteiger partial charge < -0.3 is 20.6 Å². The third-order valence-electron chi connectivity index (χ3n) is 5.65. The van der Waals surface area contributed by atoms with E-state index in [-0.39, 0.29) is 36.0 Å². The lowest BCUT2D eigenvalue weighted by molar-refractivity contribution is 0.0724. The smallest absolute Gasteiger partial charge is 0.253 e. The van der Waals surface area contributed by atoms with E-state index in [1.54, 1.807) is 0 Å². The molecule has 0 aromatic heterocycles. The van der Waals surface area contributed by atoms with Gasteiger partial charge in [0.1, 0.15) is 0 Å². The highest BCUT2D eigenvalue weighted by molar-refractivity contribution is 14.0. The number of hydrogen-bond acceptors (Lipinski definition) is 3. The molecule has 2 fully saturated rings. The second-order valence-corrected chi connectivity index (χ2v) is 7.89. The van der Waals surface area contributed by atoms with E-state index in [0.717, 1.165) is 75.2 Å². The van der Waals surface area contributed by atoms with Crippen LogP contribution < -0.4 is 10.6 Å². The van der Waals surface area contributed by atoms with Gasteiger partial charge in [-0.3, -0.25) is 4.79 Å². The van der Waals surface area contributed by atoms with Gasteiger partial charge in [0, 0.05) is 31.2 Å². The monoisotopic (exact) mass is 514 g/mol. The summed E-state index contributed by atoms with van der Waals surface area (Å²) >= 11 is 0. The molecule has 0 unspecified atom stereocenters. The Morgan fingerprint density at radius 2 is 1.76 bits per heavy atom. The van der Waals surface area contributed by atoms with Gasteiger partial charge in [-0.05, 0) is 69.6 Å². The molecule has 0 atom stereocenters. The maximum atomic E-state index is 12.6. The number of guanidine groups is 1. The summed E-state index contributed by atoms with van der Waals surface area (Å²) in [4.78, 5) is 19.2. The number of benzene rings is 1. The van der Waals surface area contributed by atoms with Crippen molar-refractivity contribution >= 4 is 35.8 Å². The van der Waals surface area contributed by atoms with Crippen LogP contribution in [0.2, 0.25) is 0 Å². The van der Waals surface area contributed by atoms with Crippen LogP contribution in [0.25, 0.3) is 0 Å². The molecule has 1 aliphatic heterocycles. The predicted octanol–water partition coefficient (Wildman–Crippen LogP) is 3.29. The Morgan fingerprint density at radius 1 is 1.10 bits per heavy atom. The van der Waals surface area contributed by atoms with Crippen molar-refractivity contribution in [1.29, 1.82) is 0 Å². The van der Waals surface area contributed by atoms with E-state index in [1.165, 1.54) is 6.42 Å². The van der Waals surface area contributed by atoms with E-state index in [4.69, 9.17) is 4.99 Å². The summed E-state index contributed by atoms with van der Waals surface area (Å²) in [5.74, 6) is 0.960. The van der Waals surface area contributed by atoms with Gasteiger partial charge in [0.05, 0.1) is 12.6 Å². The summed E-state index contributed by atoms with van der Waals surface area (Å²) in [6.45, 7) is 5.19. The first-order valence-electron chi connectivity index (χ1n) is 10.8. The number of nitrogens with one attached hydrogen (secondary N) is 2. The van der Waals surface area contributed by atoms with E-state index < -0.39 is 0 Å². The van der Waals surface area contributed by atoms with Crippen molar-refractivity contribution in [3.63, 3.8) is 0 Å². The van der Waals surface area contributed by atoms with E-state index in [9.17, 15) is 9.90 Å². The number of rotatable bonds is 5. The number of nitrogens with zero attached hydrogens (tertiary/aromatic N) is 2. The van der Waals surface area contributed by atoms with Gasteiger partial charge in [0.2, 0.25) is 0 Å². The summed E-state index contributed by atoms with van der Waals surface area (Å²) in [5.41, 5.74) is 1.85. The molecule has 1 aliphatic carbocycles. The Balaban J connectivity index is 0.00000300. The van der Waals surface area contributed by atoms with Crippen molar-refractivity contribution in [3.8, 4) is 0 Å². The molecule has 1 amide bonds. The molecule has 0 bridgehead atoms. The Labute approximate surface area is 191 Å². The second-order valence-electron chi connectivity index (χ2n) is 7.89. The highest BCUT2D eigenvalue weighted by Crippen LogP contribution is 2.18. The maximum absolute atomic E-state index is 12.6. The fraction of sp³-hybridized carbons (Fsp3) is 0.636. The van der Waals surface area contributed by atoms with E-state index >= 15 is 0 Å². The van der Waals surface area contributed by atoms with Gasteiger partial charge >= 0.3 is 0 Å². The van der Waals surface area contributed by atoms with Gasteiger partial charge in [0.25, 0.3) is 5.91 Å². The number of piperidine rings is 1. The molecule has 1 saturated carbocycles. The molecule has 0 radical (unpaired) electrons. The zero-order chi connectivity index (χ0) is 19.8. The number of halogens is 1. The van der Waals surface area contributed by atoms with Crippen molar-refractivity contribution in [1.82, 2.24) is 15.5 Å². The van der Waals surface area contributed by atoms with Crippen LogP contribution in [-0.2, 0) is 6.54 Å². The standard InChI is InChI=1S/C22H34N4O2.HI/c1-2-23-22(25-19-10-12-20(27)13-11-19)24-16-17-6-8-18(9-7-17)21(28)26-14-4-3-5-15-26;/h6-9,19-20,27H,2-5,10-16H2,1H3,(H2,23,24,25);1H. The minimum atomic E-state index is -0.149. The number of carbonyl (C=O) groups excluding carboxylic acids is 1. The second kappa shape index (κ2) is 12.4. The minimum Gasteiger partial charge on any atom is -0.393 e. The van der Waals surface area contributed by atoms with Crippen molar-refractivity contribution in [2.75, 3.05) is 19.6 Å². The van der Waals surface area contributed by atoms with Crippen molar-refractivity contribution in [3.05, 3.63) is 35.4 Å². The lowest BCUT2D eigenvalue weighted by atomic mass is 9.93. The molecule has 2 aliphatic rings. The lowest BCUT2D eigenvalue weighted by Gasteiger charge is -2.27. The molecule has 162 valence electrons. The first-order valence-corrected chi connectivity index (χ1v) is 10.8. The molecule has 3 N–H and O–H groups in total. The van der Waals surface area contributed by atoms with E-state index in [1.807, 2.05) is 29.2 Å². The third kappa shape index (κ3) is 7.44. The number of carbonyl (C=O) groups is 1. The normalized spacial score (nSPS) is 22.6. The molecular formula is C22H35IN4O2. The number of aliphatic imine (C=N–C) groups is 1. The zero-order valence-corrected chi connectivity index (χ0v) is 19.7. The summed E-state index contributed by atoms with van der Waals surface area (Å²) in [6.07, 6.45) is 6.94. The Bertz CT molecular complexity index is 651. The number of hydrogen-bond donors (Lipinski definition) is 3. The van der Waals surface area contributed by atoms with Crippen molar-refractivity contribution < 1.29 is 9.90 Å². The minimum absolute atomic E-state index is 0. The Hall–Kier alpha value is -1.35. The lowest BCUT2D eigenvalue weighted by Crippen LogP contribution is -2.45. The Kier molecular flexibility index (Phi) is 10.2. The van der Waals surface area contributed by atoms with Gasteiger partial charge in [-0.15, -0.1) is 24.0 Å². The number of aliphatic hydroxyl groups is 1. The van der Waals surface area contributed by atoms with Gasteiger partial charge in [-0.25, -0.2) is 4.99 Å². The largest absolute Gasteiger partial charge is 0.393 e. The number of likely N-dealkylation sites (tertiary alicyclic amines) is 1. The van der Waals surface area contributed by atoms with Gasteiger partial charge in [0.15, 0.2) is 5.96 Å². The Morgan fingerprint density at radius 3 is 2.38 bits per heavy atom. The number of amides is 1. The van der Waals surface area contributed by atoms with Crippen LogP contribution in [-0.4, -0.2) is 53.7 Å². The average molecular weight is 514 g/mol. The van der Waals surface area contributed by atoms with Crippen LogP contribution >= 0.6 is 24.0 Å². The van der Waals surface area contributed by atoms with E-state index in [2.05, 4.69) is 17.6 Å². The summed E-state index contributed by atoms with van der Waals surface area (Å²) in [5, 5.41) is 16.4. The summed E-state index contributed by atoms with van der Waals surface area (Å²) in [7, 11) is 0. The van der Waals surface area contributed by atoms with Crippen LogP contribution in [0.1, 0.15) is 67.8 Å². The quantitative estimate of drug-likeness (QED) is 0.320. The molecule has 6 nitrogen and oxygen atoms in total. The summed E-state index contributed by atoms with van der Waals surface area (Å²) < 4.78 is 0. The topological polar surface area (TPSA) is 77.0 Å². The molecule has 3 rings (SSSR count). The maximum Gasteiger partial charge on any atom is 0.253 e. The first-order chi connectivity index (χ1) is 13.7. The fourth-order valence-electron chi connectivity index (χ4n) is 3.94. The molecule has 7 heteroatoms. The SMILES string of the molecule is CCNC(=NCc1ccc(C(=O)N2CCCCC2)cc1)NC1CCC(O)CC1.I. The first kappa shape index (κ1) is 23.9. The molecule has 0 spiro atoms. The molecule has 29 heavy (non-hydrogen) atoms. The summed E-state index contributed by atoms with van der Waals surface area (Å²) in [6, 6.07) is 8.21. The molecule has 1 aromatic carbocycles. The van der Waals surface area contributed by atoms with Gasteiger partial charge in [-0.2, -0.15) is 0 Å². The molecular weight excluding hydrogens is 479 g/mol.